The van der Waals surface area contributed by atoms with E-state index in [1.807, 2.05) is 30.3 Å². The summed E-state index contributed by atoms with van der Waals surface area (Å²) in [7, 11) is 0. The van der Waals surface area contributed by atoms with Crippen molar-refractivity contribution in [3.05, 3.63) is 100 Å². The number of furan rings is 1. The lowest BCUT2D eigenvalue weighted by molar-refractivity contribution is 0.0983. The Hall–Kier alpha value is -3.55. The second-order valence-electron chi connectivity index (χ2n) is 7.68. The molecule has 0 aliphatic carbocycles. The summed E-state index contributed by atoms with van der Waals surface area (Å²) in [5.41, 5.74) is 2.60. The number of pyridine rings is 1. The van der Waals surface area contributed by atoms with Crippen LogP contribution in [0.4, 0.5) is 15.8 Å². The highest BCUT2D eigenvalue weighted by Crippen LogP contribution is 2.37. The van der Waals surface area contributed by atoms with Gasteiger partial charge >= 0.3 is 0 Å². The number of anilines is 2. The van der Waals surface area contributed by atoms with Crippen molar-refractivity contribution < 1.29 is 18.3 Å². The lowest BCUT2D eigenvalue weighted by Gasteiger charge is -2.37. The summed E-state index contributed by atoms with van der Waals surface area (Å²) in [6.45, 7) is 1.60. The SMILES string of the molecule is O=C(c1cc(F)cnc1Oc1cc(Cl)ccc1Cl)N1CCN(Cc2ccoc2)c2ccccc21. The number of aromatic nitrogens is 1. The van der Waals surface area contributed by atoms with Gasteiger partial charge in [0.25, 0.3) is 5.91 Å². The summed E-state index contributed by atoms with van der Waals surface area (Å²) in [6.07, 6.45) is 4.32. The van der Waals surface area contributed by atoms with Crippen molar-refractivity contribution in [3.63, 3.8) is 0 Å². The van der Waals surface area contributed by atoms with E-state index in [1.54, 1.807) is 29.6 Å². The second-order valence-corrected chi connectivity index (χ2v) is 8.53. The lowest BCUT2D eigenvalue weighted by atomic mass is 10.1. The van der Waals surface area contributed by atoms with Crippen LogP contribution in [0.1, 0.15) is 15.9 Å². The number of rotatable bonds is 5. The molecular weight excluding hydrogens is 480 g/mol. The lowest BCUT2D eigenvalue weighted by Crippen LogP contribution is -2.44. The zero-order valence-corrected chi connectivity index (χ0v) is 19.3. The molecule has 0 saturated heterocycles. The van der Waals surface area contributed by atoms with E-state index in [2.05, 4.69) is 9.88 Å². The number of carbonyl (C=O) groups is 1. The minimum Gasteiger partial charge on any atom is -0.472 e. The number of para-hydroxylation sites is 2. The summed E-state index contributed by atoms with van der Waals surface area (Å²) in [4.78, 5) is 21.4. The Morgan fingerprint density at radius 1 is 1.09 bits per heavy atom. The van der Waals surface area contributed by atoms with Crippen molar-refractivity contribution in [3.8, 4) is 11.6 Å². The zero-order chi connectivity index (χ0) is 23.7. The van der Waals surface area contributed by atoms with E-state index in [1.165, 1.54) is 6.07 Å². The summed E-state index contributed by atoms with van der Waals surface area (Å²) in [5, 5.41) is 0.684. The van der Waals surface area contributed by atoms with E-state index in [-0.39, 0.29) is 22.2 Å². The van der Waals surface area contributed by atoms with Crippen molar-refractivity contribution in [2.45, 2.75) is 6.54 Å². The maximum absolute atomic E-state index is 14.2. The quantitative estimate of drug-likeness (QED) is 0.311. The van der Waals surface area contributed by atoms with Gasteiger partial charge in [0.15, 0.2) is 0 Å². The fraction of sp³-hybridized carbons (Fsp3) is 0.120. The van der Waals surface area contributed by atoms with Gasteiger partial charge in [-0.1, -0.05) is 35.3 Å². The molecule has 0 spiro atoms. The number of fused-ring (bicyclic) bond motifs is 1. The van der Waals surface area contributed by atoms with Gasteiger partial charge in [0.1, 0.15) is 17.1 Å². The minimum atomic E-state index is -0.653. The summed E-state index contributed by atoms with van der Waals surface area (Å²) in [5.74, 6) is -0.933. The molecule has 0 saturated carbocycles. The van der Waals surface area contributed by atoms with Crippen LogP contribution in [0.25, 0.3) is 0 Å². The molecule has 1 amide bonds. The Morgan fingerprint density at radius 3 is 2.71 bits per heavy atom. The molecule has 0 unspecified atom stereocenters. The third-order valence-corrected chi connectivity index (χ3v) is 6.00. The van der Waals surface area contributed by atoms with E-state index in [9.17, 15) is 9.18 Å². The van der Waals surface area contributed by atoms with Crippen LogP contribution in [-0.4, -0.2) is 24.0 Å². The molecule has 2 aromatic heterocycles. The van der Waals surface area contributed by atoms with Crippen molar-refractivity contribution >= 4 is 40.5 Å². The molecule has 5 rings (SSSR count). The van der Waals surface area contributed by atoms with Crippen molar-refractivity contribution in [2.75, 3.05) is 22.9 Å². The number of hydrogen-bond acceptors (Lipinski definition) is 5. The second kappa shape index (κ2) is 9.37. The van der Waals surface area contributed by atoms with Crippen LogP contribution >= 0.6 is 23.2 Å². The van der Waals surface area contributed by atoms with Gasteiger partial charge in [-0.25, -0.2) is 9.37 Å². The molecule has 0 fully saturated rings. The van der Waals surface area contributed by atoms with Gasteiger partial charge in [0.2, 0.25) is 5.88 Å². The van der Waals surface area contributed by atoms with Crippen LogP contribution in [0.3, 0.4) is 0 Å². The first kappa shape index (κ1) is 22.3. The zero-order valence-electron chi connectivity index (χ0n) is 17.7. The Balaban J connectivity index is 1.48. The third kappa shape index (κ3) is 4.44. The molecule has 0 N–H and O–H groups in total. The van der Waals surface area contributed by atoms with Crippen molar-refractivity contribution in [1.82, 2.24) is 4.98 Å². The third-order valence-electron chi connectivity index (χ3n) is 5.45. The number of halogens is 3. The van der Waals surface area contributed by atoms with Gasteiger partial charge in [-0.2, -0.15) is 0 Å². The van der Waals surface area contributed by atoms with E-state index in [0.717, 1.165) is 23.5 Å². The highest BCUT2D eigenvalue weighted by Gasteiger charge is 2.30. The van der Waals surface area contributed by atoms with Gasteiger partial charge in [-0.3, -0.25) is 4.79 Å². The summed E-state index contributed by atoms with van der Waals surface area (Å²) < 4.78 is 25.2. The highest BCUT2D eigenvalue weighted by atomic mass is 35.5. The molecule has 6 nitrogen and oxygen atoms in total. The molecule has 34 heavy (non-hydrogen) atoms. The molecule has 0 atom stereocenters. The largest absolute Gasteiger partial charge is 0.472 e. The topological polar surface area (TPSA) is 58.8 Å². The smallest absolute Gasteiger partial charge is 0.264 e. The maximum Gasteiger partial charge on any atom is 0.264 e. The van der Waals surface area contributed by atoms with Crippen molar-refractivity contribution in [2.24, 2.45) is 0 Å². The first-order valence-corrected chi connectivity index (χ1v) is 11.2. The van der Waals surface area contributed by atoms with Gasteiger partial charge in [-0.05, 0) is 36.4 Å². The van der Waals surface area contributed by atoms with E-state index in [4.69, 9.17) is 32.4 Å². The summed E-state index contributed by atoms with van der Waals surface area (Å²) in [6, 6.07) is 15.3. The molecular formula is C25H18Cl2FN3O3. The predicted molar refractivity (Wildman–Crippen MR) is 129 cm³/mol. The molecule has 2 aromatic carbocycles. The van der Waals surface area contributed by atoms with Crippen LogP contribution in [-0.2, 0) is 6.54 Å². The standard InChI is InChI=1S/C25H18Cl2FN3O3/c26-17-5-6-20(27)23(11-17)34-24-19(12-18(28)13-29-24)25(32)31-9-8-30(14-16-7-10-33-15-16)21-3-1-2-4-22(21)31/h1-7,10-13,15H,8-9,14H2. The fourth-order valence-electron chi connectivity index (χ4n) is 3.87. The summed E-state index contributed by atoms with van der Waals surface area (Å²) >= 11 is 12.3. The van der Waals surface area contributed by atoms with Crippen LogP contribution in [0.15, 0.2) is 77.7 Å². The number of hydrogen-bond donors (Lipinski definition) is 0. The molecule has 1 aliphatic rings. The highest BCUT2D eigenvalue weighted by molar-refractivity contribution is 6.34. The minimum absolute atomic E-state index is 0.0193. The molecule has 0 radical (unpaired) electrons. The normalized spacial score (nSPS) is 13.0. The Morgan fingerprint density at radius 2 is 1.91 bits per heavy atom. The van der Waals surface area contributed by atoms with E-state index >= 15 is 0 Å². The predicted octanol–water partition coefficient (Wildman–Crippen LogP) is 6.58. The Labute approximate surface area is 205 Å². The average molecular weight is 498 g/mol. The number of amides is 1. The fourth-order valence-corrected chi connectivity index (χ4v) is 4.18. The number of benzene rings is 2. The number of ether oxygens (including phenoxy) is 1. The van der Waals surface area contributed by atoms with Crippen LogP contribution in [0, 0.1) is 5.82 Å². The molecule has 1 aliphatic heterocycles. The van der Waals surface area contributed by atoms with Gasteiger partial charge in [0, 0.05) is 36.3 Å². The van der Waals surface area contributed by atoms with Crippen LogP contribution in [0.2, 0.25) is 10.0 Å². The maximum atomic E-state index is 14.2. The van der Waals surface area contributed by atoms with Crippen LogP contribution < -0.4 is 14.5 Å². The van der Waals surface area contributed by atoms with Crippen LogP contribution in [0.5, 0.6) is 11.6 Å². The number of carbonyl (C=O) groups excluding carboxylic acids is 1. The monoisotopic (exact) mass is 497 g/mol. The van der Waals surface area contributed by atoms with Gasteiger partial charge in [-0.15, -0.1) is 0 Å². The van der Waals surface area contributed by atoms with Gasteiger partial charge in [0.05, 0.1) is 35.1 Å². The first-order chi connectivity index (χ1) is 16.5. The average Bonchev–Trinajstić information content (AvgIpc) is 3.35. The van der Waals surface area contributed by atoms with E-state index in [0.29, 0.717) is 30.3 Å². The number of nitrogens with zero attached hydrogens (tertiary/aromatic N) is 3. The molecule has 3 heterocycles. The van der Waals surface area contributed by atoms with Gasteiger partial charge < -0.3 is 19.0 Å². The molecule has 4 aromatic rings. The van der Waals surface area contributed by atoms with E-state index < -0.39 is 11.7 Å². The molecule has 9 heteroatoms. The Kier molecular flexibility index (Phi) is 6.13. The molecule has 0 bridgehead atoms. The first-order valence-electron chi connectivity index (χ1n) is 10.4. The Bertz CT molecular complexity index is 1350. The molecule has 172 valence electrons. The van der Waals surface area contributed by atoms with Crippen molar-refractivity contribution in [1.29, 1.82) is 0 Å².